The zero-order chi connectivity index (χ0) is 30.0. The van der Waals surface area contributed by atoms with Crippen LogP contribution in [0.4, 0.5) is 17.1 Å². The number of fused-ring (bicyclic) bond motifs is 1. The smallest absolute Gasteiger partial charge is 0.744 e. The molecule has 2 aliphatic rings. The quantitative estimate of drug-likeness (QED) is 0.0579. The molecule has 12 nitrogen and oxygen atoms in total. The number of carbonyl (C=O) groups is 3. The second-order valence-electron chi connectivity index (χ2n) is 9.06. The standard InChI is InChI=1S/C29H21N5O7S.2Na/c30-19-6-1-18-13-26(42(39,40)41)27(28(36)23(18)14-19)34-32-21-9-4-17(5-10-21)16-2-7-20(8-3-16)31-33-22-11-12-25(35)24(15-22)29(37)38;;/h1-15,31-32H,30H2,(H,37,38)(H,39,40,41);;/q;2*+1/p-2. The van der Waals surface area contributed by atoms with Gasteiger partial charge in [-0.2, -0.15) is 10.2 Å². The monoisotopic (exact) mass is 627 g/mol. The number of hydrogen-bond donors (Lipinski definition) is 3. The van der Waals surface area contributed by atoms with Crippen LogP contribution in [0.3, 0.4) is 0 Å². The molecule has 0 atom stereocenters. The van der Waals surface area contributed by atoms with Crippen molar-refractivity contribution in [2.75, 3.05) is 16.6 Å². The van der Waals surface area contributed by atoms with Crippen molar-refractivity contribution >= 4 is 62.2 Å². The predicted molar refractivity (Wildman–Crippen MR) is 154 cm³/mol. The summed E-state index contributed by atoms with van der Waals surface area (Å²) >= 11 is 0. The predicted octanol–water partition coefficient (Wildman–Crippen LogP) is -3.92. The van der Waals surface area contributed by atoms with E-state index in [9.17, 15) is 32.5 Å². The second-order valence-corrected chi connectivity index (χ2v) is 10.4. The molecule has 210 valence electrons. The molecule has 0 bridgehead atoms. The van der Waals surface area contributed by atoms with Crippen molar-refractivity contribution in [3.05, 3.63) is 107 Å². The van der Waals surface area contributed by atoms with Gasteiger partial charge in [-0.1, -0.05) is 30.3 Å². The molecule has 0 saturated heterocycles. The number of hydrogen-bond acceptors (Lipinski definition) is 12. The van der Waals surface area contributed by atoms with Gasteiger partial charge in [0.2, 0.25) is 5.78 Å². The van der Waals surface area contributed by atoms with Crippen LogP contribution in [0.2, 0.25) is 0 Å². The maximum Gasteiger partial charge on any atom is 1.00 e. The number of allylic oxidation sites excluding steroid dienone is 4. The van der Waals surface area contributed by atoms with E-state index in [2.05, 4.69) is 21.1 Å². The van der Waals surface area contributed by atoms with Gasteiger partial charge in [-0.15, -0.1) is 0 Å². The summed E-state index contributed by atoms with van der Waals surface area (Å²) in [5.41, 5.74) is 13.8. The number of nitrogens with two attached hydrogens (primary N) is 1. The number of nitrogens with zero attached hydrogens (tertiary/aromatic N) is 2. The largest absolute Gasteiger partial charge is 1.00 e. The van der Waals surface area contributed by atoms with Gasteiger partial charge in [-0.25, -0.2) is 8.42 Å². The van der Waals surface area contributed by atoms with Crippen LogP contribution < -0.4 is 80.8 Å². The van der Waals surface area contributed by atoms with E-state index in [-0.39, 0.29) is 76.0 Å². The van der Waals surface area contributed by atoms with Crippen LogP contribution in [0.25, 0.3) is 17.2 Å². The first-order chi connectivity index (χ1) is 20.0. The molecule has 0 unspecified atom stereocenters. The SMILES string of the molecule is Nc1ccc2c(c1)C(=O)C(=NNc1ccc(-c3ccc(NN=C4C=CC(=O)C(C(=O)[O-])=C4)cc3)cc1)C(S(=O)(=O)[O-])=C2.[Na+].[Na+]. The Morgan fingerprint density at radius 3 is 1.91 bits per heavy atom. The minimum atomic E-state index is -5.00. The van der Waals surface area contributed by atoms with Crippen molar-refractivity contribution in [3.63, 3.8) is 0 Å². The zero-order valence-electron chi connectivity index (χ0n) is 23.4. The van der Waals surface area contributed by atoms with E-state index < -0.39 is 43.8 Å². The molecule has 5 rings (SSSR count). The third-order valence-corrected chi connectivity index (χ3v) is 7.07. The van der Waals surface area contributed by atoms with Crippen LogP contribution in [0.5, 0.6) is 0 Å². The number of carboxylic acid groups (broad SMARTS) is 1. The van der Waals surface area contributed by atoms with E-state index in [1.807, 2.05) is 12.1 Å². The molecule has 0 heterocycles. The van der Waals surface area contributed by atoms with E-state index in [0.29, 0.717) is 17.1 Å². The van der Waals surface area contributed by atoms with Crippen molar-refractivity contribution in [1.29, 1.82) is 0 Å². The Bertz CT molecular complexity index is 1920. The molecule has 0 fully saturated rings. The molecule has 0 saturated carbocycles. The minimum absolute atomic E-state index is 0. The van der Waals surface area contributed by atoms with Crippen LogP contribution >= 0.6 is 0 Å². The van der Waals surface area contributed by atoms with Crippen molar-refractivity contribution in [2.45, 2.75) is 0 Å². The summed E-state index contributed by atoms with van der Waals surface area (Å²) in [5, 5.41) is 19.1. The fraction of sp³-hybridized carbons (Fsp3) is 0. The zero-order valence-corrected chi connectivity index (χ0v) is 28.2. The number of nitrogens with one attached hydrogen (secondary N) is 2. The molecule has 0 aromatic heterocycles. The summed E-state index contributed by atoms with van der Waals surface area (Å²) in [6, 6.07) is 18.3. The average molecular weight is 628 g/mol. The van der Waals surface area contributed by atoms with Gasteiger partial charge in [0.25, 0.3) is 0 Å². The van der Waals surface area contributed by atoms with E-state index in [1.54, 1.807) is 36.4 Å². The second kappa shape index (κ2) is 14.4. The molecule has 3 aromatic rings. The number of rotatable bonds is 7. The fourth-order valence-corrected chi connectivity index (χ4v) is 4.76. The maximum absolute atomic E-state index is 13.0. The summed E-state index contributed by atoms with van der Waals surface area (Å²) in [4.78, 5) is 34.8. The number of aliphatic carboxylic acids is 1. The summed E-state index contributed by atoms with van der Waals surface area (Å²) in [7, 11) is -5.00. The Balaban J connectivity index is 0.00000264. The van der Waals surface area contributed by atoms with E-state index >= 15 is 0 Å². The first kappa shape index (κ1) is 34.8. The van der Waals surface area contributed by atoms with Gasteiger partial charge < -0.3 is 20.2 Å². The molecule has 44 heavy (non-hydrogen) atoms. The van der Waals surface area contributed by atoms with E-state index in [4.69, 9.17) is 5.73 Å². The Hall–Kier alpha value is -3.66. The van der Waals surface area contributed by atoms with Crippen molar-refractivity contribution in [2.24, 2.45) is 10.2 Å². The molecule has 0 amide bonds. The van der Waals surface area contributed by atoms with Crippen molar-refractivity contribution in [1.82, 2.24) is 0 Å². The molecule has 2 aliphatic carbocycles. The summed E-state index contributed by atoms with van der Waals surface area (Å²) in [6.07, 6.45) is 4.70. The number of carboxylic acids is 1. The number of carbonyl (C=O) groups excluding carboxylic acids is 3. The van der Waals surface area contributed by atoms with Crippen molar-refractivity contribution < 1.29 is 91.6 Å². The molecule has 15 heteroatoms. The molecule has 3 aromatic carbocycles. The van der Waals surface area contributed by atoms with Crippen molar-refractivity contribution in [3.8, 4) is 11.1 Å². The van der Waals surface area contributed by atoms with Gasteiger partial charge in [0.05, 0.1) is 28.0 Å². The van der Waals surface area contributed by atoms with Gasteiger partial charge in [0, 0.05) is 16.8 Å². The van der Waals surface area contributed by atoms with Gasteiger partial charge in [-0.3, -0.25) is 20.4 Å². The molecule has 0 radical (unpaired) electrons. The average Bonchev–Trinajstić information content (AvgIpc) is 2.96. The Morgan fingerprint density at radius 2 is 1.36 bits per heavy atom. The topological polar surface area (TPSA) is 206 Å². The van der Waals surface area contributed by atoms with Gasteiger partial charge in [0.15, 0.2) is 5.78 Å². The van der Waals surface area contributed by atoms with Gasteiger partial charge >= 0.3 is 59.1 Å². The number of Topliss-reactive ketones (excluding diaryl/α,β-unsaturated/α-hetero) is 1. The third kappa shape index (κ3) is 7.88. The number of ketones is 2. The van der Waals surface area contributed by atoms with Crippen LogP contribution in [-0.2, 0) is 19.7 Å². The number of hydrazone groups is 2. The van der Waals surface area contributed by atoms with Crippen LogP contribution in [0.1, 0.15) is 15.9 Å². The minimum Gasteiger partial charge on any atom is -0.744 e. The molecule has 4 N–H and O–H groups in total. The summed E-state index contributed by atoms with van der Waals surface area (Å²) in [5.74, 6) is -2.99. The normalized spacial score (nSPS) is 15.8. The first-order valence-corrected chi connectivity index (χ1v) is 13.6. The third-order valence-electron chi connectivity index (χ3n) is 6.22. The van der Waals surface area contributed by atoms with E-state index in [1.165, 1.54) is 24.3 Å². The number of benzene rings is 3. The summed E-state index contributed by atoms with van der Waals surface area (Å²) in [6.45, 7) is 0. The molecular formula is C29H19N5Na2O7S. The molecular weight excluding hydrogens is 608 g/mol. The van der Waals surface area contributed by atoms with Crippen LogP contribution in [-0.4, -0.2) is 41.9 Å². The van der Waals surface area contributed by atoms with Crippen LogP contribution in [0.15, 0.2) is 106 Å². The van der Waals surface area contributed by atoms with Gasteiger partial charge in [-0.05, 0) is 77.4 Å². The molecule has 0 spiro atoms. The fourth-order valence-electron chi connectivity index (χ4n) is 4.11. The summed E-state index contributed by atoms with van der Waals surface area (Å²) < 4.78 is 35.6. The maximum atomic E-state index is 13.0. The number of anilines is 3. The Morgan fingerprint density at radius 1 is 0.795 bits per heavy atom. The van der Waals surface area contributed by atoms with Gasteiger partial charge in [0.1, 0.15) is 15.8 Å². The molecule has 0 aliphatic heterocycles. The Kier molecular flexibility index (Phi) is 11.4. The Labute approximate surface area is 295 Å². The number of nitrogen functional groups attached to an aromatic ring is 1. The van der Waals surface area contributed by atoms with Crippen LogP contribution in [0, 0.1) is 0 Å². The van der Waals surface area contributed by atoms with E-state index in [0.717, 1.165) is 29.4 Å². The first-order valence-electron chi connectivity index (χ1n) is 12.1.